The Morgan fingerprint density at radius 2 is 1.94 bits per heavy atom. The standard InChI is InChI=1S/C13H21NO3/c1-10(17-11(2)15)14(3)9-8-12-6-4-5-7-13(12)16/h4-7,10-11,15-16H,8-9H2,1-3H3. The zero-order chi connectivity index (χ0) is 12.8. The zero-order valence-corrected chi connectivity index (χ0v) is 10.6. The fourth-order valence-electron chi connectivity index (χ4n) is 1.59. The molecule has 1 aromatic carbocycles. The van der Waals surface area contributed by atoms with Crippen molar-refractivity contribution in [2.24, 2.45) is 0 Å². The van der Waals surface area contributed by atoms with E-state index in [1.807, 2.05) is 37.1 Å². The van der Waals surface area contributed by atoms with Crippen LogP contribution in [0.15, 0.2) is 24.3 Å². The Balaban J connectivity index is 2.43. The third kappa shape index (κ3) is 4.73. The SMILES string of the molecule is CC(O)OC(C)N(C)CCc1ccccc1O. The van der Waals surface area contributed by atoms with Gasteiger partial charge in [-0.3, -0.25) is 4.90 Å². The van der Waals surface area contributed by atoms with Crippen LogP contribution in [0.3, 0.4) is 0 Å². The predicted octanol–water partition coefficient (Wildman–Crippen LogP) is 1.57. The largest absolute Gasteiger partial charge is 0.508 e. The van der Waals surface area contributed by atoms with Crippen LogP contribution in [0.5, 0.6) is 5.75 Å². The first-order chi connectivity index (χ1) is 8.00. The van der Waals surface area contributed by atoms with Gasteiger partial charge in [0, 0.05) is 6.54 Å². The molecule has 2 N–H and O–H groups in total. The highest BCUT2D eigenvalue weighted by Crippen LogP contribution is 2.16. The number of aliphatic hydroxyl groups excluding tert-OH is 1. The van der Waals surface area contributed by atoms with Gasteiger partial charge in [0.2, 0.25) is 0 Å². The fourth-order valence-corrected chi connectivity index (χ4v) is 1.59. The normalized spacial score (nSPS) is 14.9. The molecular formula is C13H21NO3. The van der Waals surface area contributed by atoms with Gasteiger partial charge in [0.05, 0.1) is 0 Å². The number of aliphatic hydroxyl groups is 1. The van der Waals surface area contributed by atoms with Crippen molar-refractivity contribution in [2.75, 3.05) is 13.6 Å². The van der Waals surface area contributed by atoms with Crippen LogP contribution in [0.4, 0.5) is 0 Å². The van der Waals surface area contributed by atoms with Gasteiger partial charge in [-0.15, -0.1) is 0 Å². The quantitative estimate of drug-likeness (QED) is 0.740. The van der Waals surface area contributed by atoms with Crippen LogP contribution in [0, 0.1) is 0 Å². The van der Waals surface area contributed by atoms with E-state index in [2.05, 4.69) is 0 Å². The number of hydrogen-bond donors (Lipinski definition) is 2. The molecule has 1 rings (SSSR count). The molecule has 0 radical (unpaired) electrons. The maximum absolute atomic E-state index is 9.62. The van der Waals surface area contributed by atoms with E-state index >= 15 is 0 Å². The number of hydrogen-bond acceptors (Lipinski definition) is 4. The van der Waals surface area contributed by atoms with E-state index < -0.39 is 6.29 Å². The lowest BCUT2D eigenvalue weighted by Gasteiger charge is -2.26. The van der Waals surface area contributed by atoms with Gasteiger partial charge in [0.25, 0.3) is 0 Å². The number of ether oxygens (including phenoxy) is 1. The molecule has 17 heavy (non-hydrogen) atoms. The van der Waals surface area contributed by atoms with Gasteiger partial charge in [-0.25, -0.2) is 0 Å². The Bertz CT molecular complexity index is 341. The number of aromatic hydroxyl groups is 1. The summed E-state index contributed by atoms with van der Waals surface area (Å²) in [7, 11) is 1.92. The molecule has 0 saturated carbocycles. The molecule has 1 aromatic rings. The van der Waals surface area contributed by atoms with Crippen LogP contribution in [0.25, 0.3) is 0 Å². The molecule has 0 aliphatic heterocycles. The predicted molar refractivity (Wildman–Crippen MR) is 66.7 cm³/mol. The van der Waals surface area contributed by atoms with Gasteiger partial charge in [-0.1, -0.05) is 18.2 Å². The molecule has 0 heterocycles. The Kier molecular flexibility index (Phi) is 5.41. The number of para-hydroxylation sites is 1. The number of phenols is 1. The smallest absolute Gasteiger partial charge is 0.153 e. The maximum atomic E-state index is 9.62. The fraction of sp³-hybridized carbons (Fsp3) is 0.538. The minimum Gasteiger partial charge on any atom is -0.508 e. The monoisotopic (exact) mass is 239 g/mol. The number of likely N-dealkylation sites (N-methyl/N-ethyl adjacent to an activating group) is 1. The van der Waals surface area contributed by atoms with Crippen molar-refractivity contribution in [1.82, 2.24) is 4.90 Å². The Morgan fingerprint density at radius 3 is 2.53 bits per heavy atom. The average Bonchev–Trinajstić information content (AvgIpc) is 2.26. The van der Waals surface area contributed by atoms with Crippen LogP contribution in [-0.4, -0.2) is 41.2 Å². The highest BCUT2D eigenvalue weighted by Gasteiger charge is 2.12. The van der Waals surface area contributed by atoms with Crippen LogP contribution < -0.4 is 0 Å². The Labute approximate surface area is 102 Å². The van der Waals surface area contributed by atoms with Crippen LogP contribution >= 0.6 is 0 Å². The highest BCUT2D eigenvalue weighted by molar-refractivity contribution is 5.31. The molecule has 2 unspecified atom stereocenters. The summed E-state index contributed by atoms with van der Waals surface area (Å²) >= 11 is 0. The molecule has 0 aliphatic carbocycles. The summed E-state index contributed by atoms with van der Waals surface area (Å²) in [5, 5.41) is 18.7. The third-order valence-corrected chi connectivity index (χ3v) is 2.74. The molecule has 0 aromatic heterocycles. The second-order valence-corrected chi connectivity index (χ2v) is 4.19. The van der Waals surface area contributed by atoms with Crippen LogP contribution in [0.1, 0.15) is 19.4 Å². The topological polar surface area (TPSA) is 52.9 Å². The van der Waals surface area contributed by atoms with E-state index in [1.165, 1.54) is 0 Å². The van der Waals surface area contributed by atoms with Crippen molar-refractivity contribution in [3.63, 3.8) is 0 Å². The van der Waals surface area contributed by atoms with Crippen molar-refractivity contribution in [2.45, 2.75) is 32.8 Å². The molecular weight excluding hydrogens is 218 g/mol. The van der Waals surface area contributed by atoms with Gasteiger partial charge in [-0.05, 0) is 38.9 Å². The van der Waals surface area contributed by atoms with Crippen LogP contribution in [0.2, 0.25) is 0 Å². The molecule has 0 bridgehead atoms. The van der Waals surface area contributed by atoms with E-state index in [0.29, 0.717) is 5.75 Å². The highest BCUT2D eigenvalue weighted by atomic mass is 16.6. The Hall–Kier alpha value is -1.10. The lowest BCUT2D eigenvalue weighted by atomic mass is 10.1. The van der Waals surface area contributed by atoms with E-state index in [0.717, 1.165) is 18.5 Å². The maximum Gasteiger partial charge on any atom is 0.153 e. The number of phenolic OH excluding ortho intramolecular Hbond substituents is 1. The molecule has 2 atom stereocenters. The first kappa shape index (κ1) is 14.0. The molecule has 0 spiro atoms. The summed E-state index contributed by atoms with van der Waals surface area (Å²) in [4.78, 5) is 1.99. The van der Waals surface area contributed by atoms with Crippen molar-refractivity contribution in [3.8, 4) is 5.75 Å². The molecule has 4 nitrogen and oxygen atoms in total. The van der Waals surface area contributed by atoms with E-state index in [1.54, 1.807) is 13.0 Å². The number of rotatable bonds is 6. The molecule has 0 fully saturated rings. The lowest BCUT2D eigenvalue weighted by molar-refractivity contribution is -0.160. The van der Waals surface area contributed by atoms with Gasteiger partial charge >= 0.3 is 0 Å². The first-order valence-corrected chi connectivity index (χ1v) is 5.81. The van der Waals surface area contributed by atoms with Gasteiger partial charge in [0.15, 0.2) is 6.29 Å². The lowest BCUT2D eigenvalue weighted by Crippen LogP contribution is -2.35. The molecule has 0 amide bonds. The van der Waals surface area contributed by atoms with E-state index in [-0.39, 0.29) is 6.23 Å². The summed E-state index contributed by atoms with van der Waals surface area (Å²) in [6, 6.07) is 7.31. The summed E-state index contributed by atoms with van der Waals surface area (Å²) in [6.45, 7) is 4.23. The number of nitrogens with zero attached hydrogens (tertiary/aromatic N) is 1. The summed E-state index contributed by atoms with van der Waals surface area (Å²) in [6.07, 6.45) is -0.171. The molecule has 0 aliphatic rings. The third-order valence-electron chi connectivity index (χ3n) is 2.74. The van der Waals surface area contributed by atoms with Gasteiger partial charge in [0.1, 0.15) is 12.0 Å². The van der Waals surface area contributed by atoms with Crippen molar-refractivity contribution >= 4 is 0 Å². The molecule has 0 saturated heterocycles. The second kappa shape index (κ2) is 6.59. The Morgan fingerprint density at radius 1 is 1.29 bits per heavy atom. The summed E-state index contributed by atoms with van der Waals surface area (Å²) in [5.74, 6) is 0.324. The van der Waals surface area contributed by atoms with Crippen molar-refractivity contribution < 1.29 is 14.9 Å². The van der Waals surface area contributed by atoms with Crippen molar-refractivity contribution in [3.05, 3.63) is 29.8 Å². The minimum atomic E-state index is -0.766. The van der Waals surface area contributed by atoms with Crippen molar-refractivity contribution in [1.29, 1.82) is 0 Å². The second-order valence-electron chi connectivity index (χ2n) is 4.19. The average molecular weight is 239 g/mol. The summed E-state index contributed by atoms with van der Waals surface area (Å²) < 4.78 is 5.25. The summed E-state index contributed by atoms with van der Waals surface area (Å²) in [5.41, 5.74) is 0.920. The van der Waals surface area contributed by atoms with E-state index in [4.69, 9.17) is 9.84 Å². The van der Waals surface area contributed by atoms with Gasteiger partial charge in [-0.2, -0.15) is 0 Å². The van der Waals surface area contributed by atoms with E-state index in [9.17, 15) is 5.11 Å². The number of benzene rings is 1. The zero-order valence-electron chi connectivity index (χ0n) is 10.6. The first-order valence-electron chi connectivity index (χ1n) is 5.81. The molecule has 96 valence electrons. The minimum absolute atomic E-state index is 0.152. The van der Waals surface area contributed by atoms with Gasteiger partial charge < -0.3 is 14.9 Å². The molecule has 4 heteroatoms. The van der Waals surface area contributed by atoms with Crippen LogP contribution in [-0.2, 0) is 11.2 Å².